The lowest BCUT2D eigenvalue weighted by molar-refractivity contribution is -0.118. The molecule has 1 N–H and O–H groups in total. The Kier molecular flexibility index (Phi) is 7.29. The molecule has 5 nitrogen and oxygen atoms in total. The van der Waals surface area contributed by atoms with Gasteiger partial charge in [0.2, 0.25) is 0 Å². The summed E-state index contributed by atoms with van der Waals surface area (Å²) in [7, 11) is 0. The van der Waals surface area contributed by atoms with E-state index in [1.807, 2.05) is 45.0 Å². The third-order valence-corrected chi connectivity index (χ3v) is 3.40. The zero-order valence-electron chi connectivity index (χ0n) is 15.0. The number of anilines is 1. The first-order chi connectivity index (χ1) is 12.1. The van der Waals surface area contributed by atoms with Gasteiger partial charge in [-0.15, -0.1) is 0 Å². The summed E-state index contributed by atoms with van der Waals surface area (Å²) in [4.78, 5) is 12.0. The van der Waals surface area contributed by atoms with E-state index >= 15 is 0 Å². The summed E-state index contributed by atoms with van der Waals surface area (Å²) in [6.45, 7) is 7.65. The van der Waals surface area contributed by atoms with E-state index in [0.717, 1.165) is 16.9 Å². The van der Waals surface area contributed by atoms with Crippen molar-refractivity contribution in [2.24, 2.45) is 0 Å². The van der Waals surface area contributed by atoms with E-state index in [2.05, 4.69) is 11.4 Å². The molecule has 134 valence electrons. The molecule has 0 saturated heterocycles. The Morgan fingerprint density at radius 2 is 1.60 bits per heavy atom. The highest BCUT2D eigenvalue weighted by Gasteiger charge is 2.05. The first-order valence-corrected chi connectivity index (χ1v) is 8.38. The summed E-state index contributed by atoms with van der Waals surface area (Å²) in [5.74, 6) is 1.24. The van der Waals surface area contributed by atoms with Crippen LogP contribution in [-0.4, -0.2) is 32.3 Å². The molecule has 2 rings (SSSR count). The van der Waals surface area contributed by atoms with Gasteiger partial charge in [0, 0.05) is 12.3 Å². The molecule has 5 heteroatoms. The topological polar surface area (TPSA) is 56.8 Å². The quantitative estimate of drug-likeness (QED) is 0.705. The molecule has 2 aromatic rings. The third kappa shape index (κ3) is 6.85. The predicted molar refractivity (Wildman–Crippen MR) is 98.5 cm³/mol. The molecule has 0 aromatic heterocycles. The Labute approximate surface area is 148 Å². The zero-order valence-corrected chi connectivity index (χ0v) is 15.0. The van der Waals surface area contributed by atoms with Crippen molar-refractivity contribution in [2.75, 3.05) is 31.7 Å². The molecule has 0 atom stereocenters. The first-order valence-electron chi connectivity index (χ1n) is 8.38. The van der Waals surface area contributed by atoms with Gasteiger partial charge in [-0.25, -0.2) is 0 Å². The van der Waals surface area contributed by atoms with Gasteiger partial charge in [-0.05, 0) is 68.3 Å². The van der Waals surface area contributed by atoms with Gasteiger partial charge in [0.1, 0.15) is 18.1 Å². The molecule has 25 heavy (non-hydrogen) atoms. The first kappa shape index (κ1) is 18.8. The van der Waals surface area contributed by atoms with Gasteiger partial charge in [-0.1, -0.05) is 6.07 Å². The summed E-state index contributed by atoms with van der Waals surface area (Å²) in [6, 6.07) is 13.1. The van der Waals surface area contributed by atoms with Gasteiger partial charge in [-0.2, -0.15) is 0 Å². The minimum Gasteiger partial charge on any atom is -0.491 e. The number of rotatable bonds is 9. The van der Waals surface area contributed by atoms with E-state index in [0.29, 0.717) is 31.3 Å². The summed E-state index contributed by atoms with van der Waals surface area (Å²) >= 11 is 0. The van der Waals surface area contributed by atoms with Crippen LogP contribution in [0.25, 0.3) is 0 Å². The number of hydrogen-bond donors (Lipinski definition) is 1. The van der Waals surface area contributed by atoms with Crippen LogP contribution in [0.5, 0.6) is 11.5 Å². The highest BCUT2D eigenvalue weighted by Crippen LogP contribution is 2.17. The van der Waals surface area contributed by atoms with Gasteiger partial charge in [0.05, 0.1) is 6.61 Å². The van der Waals surface area contributed by atoms with Crippen LogP contribution in [0.4, 0.5) is 5.69 Å². The van der Waals surface area contributed by atoms with Gasteiger partial charge in [0.15, 0.2) is 6.61 Å². The van der Waals surface area contributed by atoms with E-state index < -0.39 is 0 Å². The molecular formula is C20H25NO4. The van der Waals surface area contributed by atoms with E-state index in [-0.39, 0.29) is 12.5 Å². The lowest BCUT2D eigenvalue weighted by Gasteiger charge is -2.10. The second-order valence-electron chi connectivity index (χ2n) is 5.73. The number of ether oxygens (including phenoxy) is 3. The summed E-state index contributed by atoms with van der Waals surface area (Å²) in [5.41, 5.74) is 2.91. The normalized spacial score (nSPS) is 10.4. The van der Waals surface area contributed by atoms with E-state index in [9.17, 15) is 4.79 Å². The van der Waals surface area contributed by atoms with Crippen LogP contribution in [0.15, 0.2) is 42.5 Å². The highest BCUT2D eigenvalue weighted by molar-refractivity contribution is 5.91. The van der Waals surface area contributed by atoms with Gasteiger partial charge >= 0.3 is 0 Å². The fraction of sp³-hybridized carbons (Fsp3) is 0.350. The maximum Gasteiger partial charge on any atom is 0.262 e. The van der Waals surface area contributed by atoms with Gasteiger partial charge in [-0.3, -0.25) is 4.79 Å². The molecule has 1 amide bonds. The van der Waals surface area contributed by atoms with Crippen molar-refractivity contribution in [1.82, 2.24) is 0 Å². The average molecular weight is 343 g/mol. The molecular weight excluding hydrogens is 318 g/mol. The largest absolute Gasteiger partial charge is 0.491 e. The number of carbonyl (C=O) groups excluding carboxylic acids is 1. The van der Waals surface area contributed by atoms with E-state index in [1.165, 1.54) is 0 Å². The number of benzene rings is 2. The van der Waals surface area contributed by atoms with Gasteiger partial charge < -0.3 is 19.5 Å². The maximum atomic E-state index is 12.0. The summed E-state index contributed by atoms with van der Waals surface area (Å²) < 4.78 is 16.3. The molecule has 0 radical (unpaired) electrons. The maximum absolute atomic E-state index is 12.0. The molecule has 0 unspecified atom stereocenters. The number of carbonyl (C=O) groups is 1. The fourth-order valence-electron chi connectivity index (χ4n) is 2.36. The average Bonchev–Trinajstić information content (AvgIpc) is 2.58. The predicted octanol–water partition coefficient (Wildman–Crippen LogP) is 3.74. The highest BCUT2D eigenvalue weighted by atomic mass is 16.5. The van der Waals surface area contributed by atoms with Crippen LogP contribution < -0.4 is 14.8 Å². The van der Waals surface area contributed by atoms with Crippen molar-refractivity contribution >= 4 is 11.6 Å². The second kappa shape index (κ2) is 9.69. The molecule has 0 saturated carbocycles. The van der Waals surface area contributed by atoms with Crippen molar-refractivity contribution in [3.8, 4) is 11.5 Å². The number of aryl methyl sites for hydroxylation is 2. The molecule has 0 aliphatic heterocycles. The van der Waals surface area contributed by atoms with Crippen molar-refractivity contribution in [1.29, 1.82) is 0 Å². The minimum atomic E-state index is -0.204. The lowest BCUT2D eigenvalue weighted by atomic mass is 10.1. The van der Waals surface area contributed by atoms with Crippen LogP contribution in [0.2, 0.25) is 0 Å². The Morgan fingerprint density at radius 1 is 0.920 bits per heavy atom. The van der Waals surface area contributed by atoms with Crippen molar-refractivity contribution in [3.05, 3.63) is 53.6 Å². The molecule has 0 fully saturated rings. The second-order valence-corrected chi connectivity index (χ2v) is 5.73. The molecule has 0 aliphatic rings. The van der Waals surface area contributed by atoms with Crippen LogP contribution in [0.3, 0.4) is 0 Å². The Morgan fingerprint density at radius 3 is 2.24 bits per heavy atom. The third-order valence-electron chi connectivity index (χ3n) is 3.40. The molecule has 2 aromatic carbocycles. The lowest BCUT2D eigenvalue weighted by Crippen LogP contribution is -2.20. The molecule has 0 heterocycles. The van der Waals surface area contributed by atoms with Crippen molar-refractivity contribution in [3.63, 3.8) is 0 Å². The standard InChI is InChI=1S/C20H25NO4/c1-4-23-9-10-24-18-7-5-17(6-8-18)21-20(22)14-25-19-12-15(2)11-16(3)13-19/h5-8,11-13H,4,9-10,14H2,1-3H3,(H,21,22). The molecule has 0 bridgehead atoms. The number of hydrogen-bond acceptors (Lipinski definition) is 4. The molecule has 0 aliphatic carbocycles. The van der Waals surface area contributed by atoms with Gasteiger partial charge in [0.25, 0.3) is 5.91 Å². The van der Waals surface area contributed by atoms with Crippen LogP contribution in [0.1, 0.15) is 18.1 Å². The smallest absolute Gasteiger partial charge is 0.262 e. The van der Waals surface area contributed by atoms with Crippen molar-refractivity contribution < 1.29 is 19.0 Å². The van der Waals surface area contributed by atoms with Crippen molar-refractivity contribution in [2.45, 2.75) is 20.8 Å². The van der Waals surface area contributed by atoms with Crippen LogP contribution in [0, 0.1) is 13.8 Å². The molecule has 0 spiro atoms. The Balaban J connectivity index is 1.78. The number of amides is 1. The van der Waals surface area contributed by atoms with Crippen LogP contribution in [-0.2, 0) is 9.53 Å². The van der Waals surface area contributed by atoms with E-state index in [1.54, 1.807) is 12.1 Å². The summed E-state index contributed by atoms with van der Waals surface area (Å²) in [6.07, 6.45) is 0. The zero-order chi connectivity index (χ0) is 18.1. The monoisotopic (exact) mass is 343 g/mol. The summed E-state index contributed by atoms with van der Waals surface area (Å²) in [5, 5.41) is 2.80. The minimum absolute atomic E-state index is 0.0322. The fourth-order valence-corrected chi connectivity index (χ4v) is 2.36. The SMILES string of the molecule is CCOCCOc1ccc(NC(=O)COc2cc(C)cc(C)c2)cc1. The Hall–Kier alpha value is -2.53. The van der Waals surface area contributed by atoms with E-state index in [4.69, 9.17) is 14.2 Å². The van der Waals surface area contributed by atoms with Crippen LogP contribution >= 0.6 is 0 Å². The Bertz CT molecular complexity index is 662. The number of nitrogens with one attached hydrogen (secondary N) is 1.